The average Bonchev–Trinajstić information content (AvgIpc) is 3.69. The smallest absolute Gasteiger partial charge is 0 e. The zero-order valence-corrected chi connectivity index (χ0v) is 43.4. The van der Waals surface area contributed by atoms with Gasteiger partial charge in [0.05, 0.1) is 0 Å². The van der Waals surface area contributed by atoms with Gasteiger partial charge in [-0.3, -0.25) is 0 Å². The van der Waals surface area contributed by atoms with Crippen LogP contribution in [0.4, 0.5) is 39.9 Å². The Kier molecular flexibility index (Phi) is 12.3. The summed E-state index contributed by atoms with van der Waals surface area (Å²) in [5, 5.41) is 0. The molecule has 0 spiro atoms. The van der Waals surface area contributed by atoms with Gasteiger partial charge in [-0.15, -0.1) is 0 Å². The summed E-state index contributed by atoms with van der Waals surface area (Å²) in [5.41, 5.74) is 14.4. The van der Waals surface area contributed by atoms with Crippen LogP contribution in [-0.4, -0.2) is 24.9 Å². The van der Waals surface area contributed by atoms with E-state index in [1.807, 2.05) is 36.7 Å². The number of aromatic nitrogens is 2. The van der Waals surface area contributed by atoms with Gasteiger partial charge in [0.25, 0.3) is 0 Å². The van der Waals surface area contributed by atoms with Crippen molar-refractivity contribution in [2.24, 2.45) is 0 Å². The van der Waals surface area contributed by atoms with Crippen LogP contribution in [0.5, 0.6) is 11.5 Å². The number of nitrogens with zero attached hydrogens (tertiary/aromatic N) is 5. The summed E-state index contributed by atoms with van der Waals surface area (Å²) in [4.78, 5) is 16.5. The standard InChI is InChI=1S/C59H54N5OSe.Pt/c1-57(2,3)41-25-23-40(24-26-41)48-21-14-20-47(39-16-11-10-12-17-39)55(48)63-38-62(51-34-42(58(4,5)6)27-29-49(51)63)44-18-13-19-45(36-44)65-46-28-30-53-52(37-46)64(50-22-15-32-61-56(50)66-53)54-35-43(31-33-60-54)59(7,8)9;/h10-35,38H,1-9H3;/q-3;. The van der Waals surface area contributed by atoms with E-state index in [-0.39, 0.29) is 52.3 Å². The third-order valence-electron chi connectivity index (χ3n) is 12.4. The monoisotopic (exact) mass is 1120 g/mol. The molecule has 340 valence electrons. The maximum atomic E-state index is 6.74. The van der Waals surface area contributed by atoms with Crippen molar-refractivity contribution in [1.82, 2.24) is 9.97 Å². The predicted octanol–water partition coefficient (Wildman–Crippen LogP) is 13.9. The summed E-state index contributed by atoms with van der Waals surface area (Å²) in [5.74, 6) is 2.02. The van der Waals surface area contributed by atoms with E-state index in [1.165, 1.54) is 21.2 Å². The van der Waals surface area contributed by atoms with Crippen molar-refractivity contribution < 1.29 is 25.8 Å². The van der Waals surface area contributed by atoms with Crippen LogP contribution in [-0.2, 0) is 37.3 Å². The van der Waals surface area contributed by atoms with E-state index in [0.29, 0.717) is 11.5 Å². The number of ether oxygens (including phenoxy) is 1. The summed E-state index contributed by atoms with van der Waals surface area (Å²) in [6.45, 7) is 22.5. The number of hydrogen-bond donors (Lipinski definition) is 0. The van der Waals surface area contributed by atoms with E-state index in [9.17, 15) is 0 Å². The molecule has 67 heavy (non-hydrogen) atoms. The molecule has 2 aliphatic heterocycles. The first-order chi connectivity index (χ1) is 31.6. The summed E-state index contributed by atoms with van der Waals surface area (Å²) in [6, 6.07) is 59.4. The van der Waals surface area contributed by atoms with Crippen LogP contribution in [0.3, 0.4) is 0 Å². The average molecular weight is 1120 g/mol. The Bertz CT molecular complexity index is 3100. The Balaban J connectivity index is 0.00000562. The molecular weight excluding hydrogens is 1070 g/mol. The Hall–Kier alpha value is -5.97. The first-order valence-electron chi connectivity index (χ1n) is 22.6. The fourth-order valence-electron chi connectivity index (χ4n) is 8.65. The van der Waals surface area contributed by atoms with E-state index in [0.717, 1.165) is 66.8 Å². The van der Waals surface area contributed by atoms with Gasteiger partial charge in [-0.25, -0.2) is 0 Å². The minimum atomic E-state index is -0.0672. The topological polar surface area (TPSA) is 44.7 Å². The largest absolute Gasteiger partial charge is 0.0579 e. The van der Waals surface area contributed by atoms with Gasteiger partial charge in [-0.2, -0.15) is 0 Å². The molecule has 0 N–H and O–H groups in total. The molecular formula is C59H54N5OPtSe-3. The Morgan fingerprint density at radius 1 is 0.522 bits per heavy atom. The second-order valence-electron chi connectivity index (χ2n) is 20.2. The van der Waals surface area contributed by atoms with Crippen LogP contribution in [0.15, 0.2) is 158 Å². The predicted molar refractivity (Wildman–Crippen MR) is 274 cm³/mol. The van der Waals surface area contributed by atoms with Crippen molar-refractivity contribution in [3.8, 4) is 33.8 Å². The Labute approximate surface area is 417 Å². The second-order valence-corrected chi connectivity index (χ2v) is 22.3. The molecule has 10 rings (SSSR count). The quantitative estimate of drug-likeness (QED) is 0.117. The summed E-state index contributed by atoms with van der Waals surface area (Å²) >= 11 is -0.0171. The third-order valence-corrected chi connectivity index (χ3v) is 14.6. The summed E-state index contributed by atoms with van der Waals surface area (Å²) in [7, 11) is 0. The minimum absolute atomic E-state index is 0. The molecule has 2 aromatic heterocycles. The van der Waals surface area contributed by atoms with Gasteiger partial charge in [-0.1, -0.05) is 120 Å². The number of para-hydroxylation sites is 1. The summed E-state index contributed by atoms with van der Waals surface area (Å²) in [6.07, 6.45) is 3.77. The van der Waals surface area contributed by atoms with E-state index < -0.39 is 0 Å². The Morgan fingerprint density at radius 2 is 1.18 bits per heavy atom. The molecule has 8 heteroatoms. The van der Waals surface area contributed by atoms with Crippen molar-refractivity contribution in [2.75, 3.05) is 14.7 Å². The number of benzene rings is 6. The van der Waals surface area contributed by atoms with Crippen LogP contribution in [0.1, 0.15) is 79.0 Å². The van der Waals surface area contributed by atoms with Gasteiger partial charge in [0.1, 0.15) is 0 Å². The zero-order chi connectivity index (χ0) is 46.0. The van der Waals surface area contributed by atoms with Gasteiger partial charge in [-0.05, 0) is 27.5 Å². The second kappa shape index (κ2) is 17.9. The molecule has 0 amide bonds. The fourth-order valence-corrected chi connectivity index (χ4v) is 10.7. The summed E-state index contributed by atoms with van der Waals surface area (Å²) < 4.78 is 8.97. The van der Waals surface area contributed by atoms with Gasteiger partial charge < -0.3 is 0 Å². The molecule has 0 bridgehead atoms. The fraction of sp³-hybridized carbons (Fsp3) is 0.203. The normalized spacial score (nSPS) is 13.4. The number of rotatable bonds is 7. The van der Waals surface area contributed by atoms with Crippen LogP contribution in [0, 0.1) is 18.8 Å². The van der Waals surface area contributed by atoms with Gasteiger partial charge in [0.15, 0.2) is 0 Å². The van der Waals surface area contributed by atoms with Crippen LogP contribution in [0.2, 0.25) is 0 Å². The first-order valence-corrected chi connectivity index (χ1v) is 24.3. The molecule has 6 nitrogen and oxygen atoms in total. The van der Waals surface area contributed by atoms with Crippen molar-refractivity contribution in [2.45, 2.75) is 78.6 Å². The number of hydrogen-bond acceptors (Lipinski definition) is 6. The van der Waals surface area contributed by atoms with Crippen LogP contribution < -0.4 is 28.5 Å². The maximum absolute atomic E-state index is 6.74. The van der Waals surface area contributed by atoms with Gasteiger partial charge in [0, 0.05) is 32.2 Å². The molecule has 0 saturated heterocycles. The van der Waals surface area contributed by atoms with Crippen molar-refractivity contribution in [1.29, 1.82) is 0 Å². The Morgan fingerprint density at radius 3 is 1.90 bits per heavy atom. The van der Waals surface area contributed by atoms with Crippen molar-refractivity contribution >= 4 is 64.0 Å². The molecule has 0 aliphatic carbocycles. The van der Waals surface area contributed by atoms with E-state index in [2.05, 4.69) is 217 Å². The van der Waals surface area contributed by atoms with Crippen molar-refractivity contribution in [3.05, 3.63) is 193 Å². The van der Waals surface area contributed by atoms with Gasteiger partial charge in [0.2, 0.25) is 0 Å². The third kappa shape index (κ3) is 9.10. The molecule has 0 unspecified atom stereocenters. The van der Waals surface area contributed by atoms with E-state index >= 15 is 0 Å². The molecule has 0 atom stereocenters. The van der Waals surface area contributed by atoms with Crippen molar-refractivity contribution in [3.63, 3.8) is 0 Å². The molecule has 0 saturated carbocycles. The zero-order valence-electron chi connectivity index (χ0n) is 39.5. The van der Waals surface area contributed by atoms with E-state index in [1.54, 1.807) is 0 Å². The first kappa shape index (κ1) is 46.2. The molecule has 8 aromatic rings. The molecule has 6 aromatic carbocycles. The van der Waals surface area contributed by atoms with E-state index in [4.69, 9.17) is 14.7 Å². The SMILES string of the molecule is CC(C)(C)c1ccc(-c2cccc(-c3ccccc3)c2N2[CH-]N(c3[c-]c(Oc4[c-]c5c(cc4)[Se]c4ncccc4N5c4cc(C(C)(C)C)ccn4)ccc3)c3cc(C(C)(C)C)ccc32)cc1.[Pt]. The minimum Gasteiger partial charge on any atom is -0.0579 e. The maximum Gasteiger partial charge on any atom is 0 e. The molecule has 0 fully saturated rings. The van der Waals surface area contributed by atoms with Crippen LogP contribution >= 0.6 is 0 Å². The van der Waals surface area contributed by atoms with Crippen LogP contribution in [0.25, 0.3) is 22.3 Å². The molecule has 2 aliphatic rings. The number of pyridine rings is 2. The number of anilines is 7. The number of fused-ring (bicyclic) bond motifs is 3. The molecule has 0 radical (unpaired) electrons. The van der Waals surface area contributed by atoms with Gasteiger partial charge >= 0.3 is 240 Å². The molecule has 4 heterocycles.